The fourth-order valence-corrected chi connectivity index (χ4v) is 1.97. The smallest absolute Gasteiger partial charge is 0.109 e. The molecule has 0 fully saturated rings. The van der Waals surface area contributed by atoms with Gasteiger partial charge in [0.2, 0.25) is 0 Å². The molecular formula is C13H15N3. The topological polar surface area (TPSA) is 41.6 Å². The molecular weight excluding hydrogens is 198 g/mol. The summed E-state index contributed by atoms with van der Waals surface area (Å²) < 4.78 is 2.13. The van der Waals surface area contributed by atoms with Gasteiger partial charge in [0.15, 0.2) is 0 Å². The molecule has 2 rings (SSSR count). The van der Waals surface area contributed by atoms with Crippen LogP contribution in [0.5, 0.6) is 0 Å². The maximum absolute atomic E-state index is 8.56. The summed E-state index contributed by atoms with van der Waals surface area (Å²) >= 11 is 0. The summed E-state index contributed by atoms with van der Waals surface area (Å²) in [5, 5.41) is 8.56. The van der Waals surface area contributed by atoms with Crippen LogP contribution in [0.25, 0.3) is 11.0 Å². The molecule has 0 saturated heterocycles. The Morgan fingerprint density at radius 2 is 2.25 bits per heavy atom. The van der Waals surface area contributed by atoms with E-state index in [4.69, 9.17) is 5.26 Å². The fraction of sp³-hybridized carbons (Fsp3) is 0.385. The molecule has 2 aromatic rings. The highest BCUT2D eigenvalue weighted by atomic mass is 15.1. The Hall–Kier alpha value is -1.82. The van der Waals surface area contributed by atoms with E-state index in [9.17, 15) is 0 Å². The van der Waals surface area contributed by atoms with Crippen LogP contribution in [0.2, 0.25) is 0 Å². The van der Waals surface area contributed by atoms with Crippen LogP contribution in [0, 0.1) is 11.3 Å². The molecule has 0 radical (unpaired) electrons. The highest BCUT2D eigenvalue weighted by Crippen LogP contribution is 2.17. The van der Waals surface area contributed by atoms with Crippen molar-refractivity contribution in [3.05, 3.63) is 29.6 Å². The second-order valence-corrected chi connectivity index (χ2v) is 3.92. The summed E-state index contributed by atoms with van der Waals surface area (Å²) in [6.07, 6.45) is 2.32. The summed E-state index contributed by atoms with van der Waals surface area (Å²) in [4.78, 5) is 4.58. The molecule has 82 valence electrons. The number of aromatic nitrogens is 2. The number of benzene rings is 1. The molecule has 0 aliphatic rings. The van der Waals surface area contributed by atoms with E-state index in [1.54, 1.807) is 0 Å². The molecule has 0 saturated carbocycles. The predicted octanol–water partition coefficient (Wildman–Crippen LogP) is 2.59. The van der Waals surface area contributed by atoms with Crippen LogP contribution >= 0.6 is 0 Å². The first kappa shape index (κ1) is 10.7. The second kappa shape index (κ2) is 4.36. The Kier molecular flexibility index (Phi) is 2.91. The Balaban J connectivity index is 2.43. The van der Waals surface area contributed by atoms with E-state index in [2.05, 4.69) is 40.7 Å². The third-order valence-corrected chi connectivity index (χ3v) is 2.88. The van der Waals surface area contributed by atoms with Gasteiger partial charge in [-0.15, -0.1) is 0 Å². The minimum atomic E-state index is 0.568. The van der Waals surface area contributed by atoms with Gasteiger partial charge in [0.25, 0.3) is 0 Å². The lowest BCUT2D eigenvalue weighted by Crippen LogP contribution is -1.94. The summed E-state index contributed by atoms with van der Waals surface area (Å²) in [6.45, 7) is 2.11. The lowest BCUT2D eigenvalue weighted by atomic mass is 10.1. The van der Waals surface area contributed by atoms with Crippen LogP contribution in [-0.2, 0) is 19.9 Å². The van der Waals surface area contributed by atoms with Crippen LogP contribution in [0.3, 0.4) is 0 Å². The molecule has 0 spiro atoms. The highest BCUT2D eigenvalue weighted by molar-refractivity contribution is 5.76. The zero-order valence-corrected chi connectivity index (χ0v) is 9.70. The maximum Gasteiger partial charge on any atom is 0.109 e. The fourth-order valence-electron chi connectivity index (χ4n) is 1.97. The van der Waals surface area contributed by atoms with Crippen molar-refractivity contribution in [1.82, 2.24) is 9.55 Å². The van der Waals surface area contributed by atoms with E-state index in [1.165, 1.54) is 5.56 Å². The van der Waals surface area contributed by atoms with Crippen molar-refractivity contribution in [2.45, 2.75) is 26.2 Å². The molecule has 0 N–H and O–H groups in total. The van der Waals surface area contributed by atoms with E-state index in [1.807, 2.05) is 7.05 Å². The average Bonchev–Trinajstić information content (AvgIpc) is 2.63. The van der Waals surface area contributed by atoms with Crippen LogP contribution in [-0.4, -0.2) is 9.55 Å². The van der Waals surface area contributed by atoms with Gasteiger partial charge in [-0.3, -0.25) is 0 Å². The van der Waals surface area contributed by atoms with Crippen LogP contribution in [0.4, 0.5) is 0 Å². The van der Waals surface area contributed by atoms with Gasteiger partial charge in [-0.05, 0) is 24.1 Å². The molecule has 0 amide bonds. The summed E-state index contributed by atoms with van der Waals surface area (Å²) in [6, 6.07) is 8.43. The van der Waals surface area contributed by atoms with Gasteiger partial charge in [0, 0.05) is 19.9 Å². The van der Waals surface area contributed by atoms with Crippen molar-refractivity contribution in [3.63, 3.8) is 0 Å². The quantitative estimate of drug-likeness (QED) is 0.786. The number of nitriles is 1. The number of imidazole rings is 1. The Labute approximate surface area is 95.3 Å². The Bertz CT molecular complexity index is 546. The molecule has 0 aliphatic heterocycles. The molecule has 0 bridgehead atoms. The van der Waals surface area contributed by atoms with Gasteiger partial charge in [-0.25, -0.2) is 4.98 Å². The zero-order valence-electron chi connectivity index (χ0n) is 9.70. The molecule has 16 heavy (non-hydrogen) atoms. The van der Waals surface area contributed by atoms with Crippen LogP contribution in [0.1, 0.15) is 24.7 Å². The summed E-state index contributed by atoms with van der Waals surface area (Å²) in [7, 11) is 2.04. The third-order valence-electron chi connectivity index (χ3n) is 2.88. The van der Waals surface area contributed by atoms with Crippen molar-refractivity contribution < 1.29 is 0 Å². The molecule has 1 aromatic carbocycles. The SMILES string of the molecule is CCc1nc2cc(CCC#N)ccc2n1C. The number of hydrogen-bond donors (Lipinski definition) is 0. The van der Waals surface area contributed by atoms with Crippen molar-refractivity contribution in [1.29, 1.82) is 5.26 Å². The van der Waals surface area contributed by atoms with Crippen LogP contribution < -0.4 is 0 Å². The van der Waals surface area contributed by atoms with E-state index in [0.29, 0.717) is 6.42 Å². The highest BCUT2D eigenvalue weighted by Gasteiger charge is 2.06. The second-order valence-electron chi connectivity index (χ2n) is 3.92. The Morgan fingerprint density at radius 1 is 1.44 bits per heavy atom. The Morgan fingerprint density at radius 3 is 2.94 bits per heavy atom. The first-order valence-electron chi connectivity index (χ1n) is 5.57. The van der Waals surface area contributed by atoms with Gasteiger partial charge < -0.3 is 4.57 Å². The largest absolute Gasteiger partial charge is 0.331 e. The van der Waals surface area contributed by atoms with E-state index in [0.717, 1.165) is 29.7 Å². The van der Waals surface area contributed by atoms with Gasteiger partial charge in [-0.2, -0.15) is 5.26 Å². The molecule has 0 aliphatic carbocycles. The van der Waals surface area contributed by atoms with Crippen LogP contribution in [0.15, 0.2) is 18.2 Å². The summed E-state index contributed by atoms with van der Waals surface area (Å²) in [5.41, 5.74) is 3.39. The molecule has 3 nitrogen and oxygen atoms in total. The first-order valence-corrected chi connectivity index (χ1v) is 5.57. The lowest BCUT2D eigenvalue weighted by molar-refractivity contribution is 0.829. The molecule has 0 unspecified atom stereocenters. The molecule has 1 heterocycles. The van der Waals surface area contributed by atoms with Crippen molar-refractivity contribution in [3.8, 4) is 6.07 Å². The number of nitrogens with zero attached hydrogens (tertiary/aromatic N) is 3. The average molecular weight is 213 g/mol. The minimum absolute atomic E-state index is 0.568. The molecule has 1 aromatic heterocycles. The van der Waals surface area contributed by atoms with E-state index < -0.39 is 0 Å². The normalized spacial score (nSPS) is 10.6. The monoisotopic (exact) mass is 213 g/mol. The van der Waals surface area contributed by atoms with Gasteiger partial charge in [-0.1, -0.05) is 13.0 Å². The molecule has 0 atom stereocenters. The molecule has 3 heteroatoms. The van der Waals surface area contributed by atoms with Gasteiger partial charge in [0.05, 0.1) is 17.1 Å². The third kappa shape index (κ3) is 1.79. The number of rotatable bonds is 3. The van der Waals surface area contributed by atoms with Gasteiger partial charge in [0.1, 0.15) is 5.82 Å². The zero-order chi connectivity index (χ0) is 11.5. The van der Waals surface area contributed by atoms with Gasteiger partial charge >= 0.3 is 0 Å². The van der Waals surface area contributed by atoms with Crippen molar-refractivity contribution in [2.24, 2.45) is 7.05 Å². The van der Waals surface area contributed by atoms with E-state index >= 15 is 0 Å². The van der Waals surface area contributed by atoms with E-state index in [-0.39, 0.29) is 0 Å². The number of fused-ring (bicyclic) bond motifs is 1. The summed E-state index contributed by atoms with van der Waals surface area (Å²) in [5.74, 6) is 1.10. The van der Waals surface area contributed by atoms with Crippen molar-refractivity contribution in [2.75, 3.05) is 0 Å². The number of hydrogen-bond acceptors (Lipinski definition) is 2. The standard InChI is InChI=1S/C13H15N3/c1-3-13-15-11-9-10(5-4-8-14)6-7-12(11)16(13)2/h6-7,9H,3-5H2,1-2H3. The lowest BCUT2D eigenvalue weighted by Gasteiger charge is -1.99. The first-order chi connectivity index (χ1) is 7.76. The van der Waals surface area contributed by atoms with Crippen molar-refractivity contribution >= 4 is 11.0 Å². The number of aryl methyl sites for hydroxylation is 3. The predicted molar refractivity (Wildman–Crippen MR) is 64.0 cm³/mol. The maximum atomic E-state index is 8.56. The minimum Gasteiger partial charge on any atom is -0.331 e.